The molecular weight excluding hydrogens is 363 g/mol. The van der Waals surface area contributed by atoms with Gasteiger partial charge in [0.25, 0.3) is 5.91 Å². The molecule has 0 saturated heterocycles. The number of hydrogen-bond donors (Lipinski definition) is 3. The number of rotatable bonds is 7. The normalized spacial score (nSPS) is 14.9. The zero-order chi connectivity index (χ0) is 20.8. The Kier molecular flexibility index (Phi) is 6.92. The molecule has 7 nitrogen and oxygen atoms in total. The Hall–Kier alpha value is -3.16. The van der Waals surface area contributed by atoms with Crippen molar-refractivity contribution in [3.8, 4) is 0 Å². The lowest BCUT2D eigenvalue weighted by molar-refractivity contribution is -0.130. The van der Waals surface area contributed by atoms with Crippen LogP contribution in [0.25, 0.3) is 5.57 Å². The van der Waals surface area contributed by atoms with E-state index in [4.69, 9.17) is 0 Å². The van der Waals surface area contributed by atoms with Gasteiger partial charge in [-0.2, -0.15) is 0 Å². The first kappa shape index (κ1) is 21.1. The third-order valence-corrected chi connectivity index (χ3v) is 4.42. The van der Waals surface area contributed by atoms with Crippen molar-refractivity contribution in [3.05, 3.63) is 46.9 Å². The van der Waals surface area contributed by atoms with Crippen LogP contribution >= 0.6 is 0 Å². The number of benzene rings is 1. The Bertz CT molecular complexity index is 859. The molecule has 1 heterocycles. The molecular formula is C20H25FN4O3. The molecule has 0 fully saturated rings. The zero-order valence-corrected chi connectivity index (χ0v) is 16.5. The van der Waals surface area contributed by atoms with Crippen molar-refractivity contribution in [1.82, 2.24) is 15.5 Å². The van der Waals surface area contributed by atoms with Gasteiger partial charge in [-0.25, -0.2) is 4.39 Å². The molecule has 1 aliphatic heterocycles. The quantitative estimate of drug-likeness (QED) is 0.620. The van der Waals surface area contributed by atoms with Gasteiger partial charge in [0.05, 0.1) is 6.54 Å². The Morgan fingerprint density at radius 2 is 1.96 bits per heavy atom. The number of nitrogens with one attached hydrogen (secondary N) is 3. The molecule has 0 radical (unpaired) electrons. The highest BCUT2D eigenvalue weighted by Gasteiger charge is 2.24. The van der Waals surface area contributed by atoms with E-state index in [1.165, 1.54) is 23.1 Å². The van der Waals surface area contributed by atoms with Crippen LogP contribution in [0.1, 0.15) is 25.8 Å². The summed E-state index contributed by atoms with van der Waals surface area (Å²) in [5, 5.41) is 8.38. The molecule has 1 aromatic carbocycles. The van der Waals surface area contributed by atoms with Gasteiger partial charge < -0.3 is 20.9 Å². The number of anilines is 1. The summed E-state index contributed by atoms with van der Waals surface area (Å²) in [5.41, 5.74) is 2.64. The Labute approximate surface area is 163 Å². The smallest absolute Gasteiger partial charge is 0.256 e. The van der Waals surface area contributed by atoms with Gasteiger partial charge in [0.1, 0.15) is 5.82 Å². The van der Waals surface area contributed by atoms with Crippen LogP contribution in [0, 0.1) is 5.82 Å². The van der Waals surface area contributed by atoms with Crippen LogP contribution < -0.4 is 16.0 Å². The van der Waals surface area contributed by atoms with E-state index in [1.54, 1.807) is 27.1 Å². The third-order valence-electron chi connectivity index (χ3n) is 4.42. The first-order valence-corrected chi connectivity index (χ1v) is 8.98. The van der Waals surface area contributed by atoms with Crippen molar-refractivity contribution in [3.63, 3.8) is 0 Å². The SMILES string of the molecule is CC/C(C(=O)NCC(=O)N(C)C)=C(/C)NC/C=C1\C(=O)Nc2ccc(F)cc21. The number of fused-ring (bicyclic) bond motifs is 1. The molecule has 0 saturated carbocycles. The summed E-state index contributed by atoms with van der Waals surface area (Å²) in [6.07, 6.45) is 2.14. The summed E-state index contributed by atoms with van der Waals surface area (Å²) < 4.78 is 13.5. The number of allylic oxidation sites excluding steroid dienone is 1. The molecule has 0 aliphatic carbocycles. The average Bonchev–Trinajstić information content (AvgIpc) is 2.95. The molecule has 0 spiro atoms. The molecule has 28 heavy (non-hydrogen) atoms. The predicted octanol–water partition coefficient (Wildman–Crippen LogP) is 1.64. The number of carbonyl (C=O) groups is 3. The number of carbonyl (C=O) groups excluding carboxylic acids is 3. The van der Waals surface area contributed by atoms with E-state index >= 15 is 0 Å². The lowest BCUT2D eigenvalue weighted by atomic mass is 10.1. The zero-order valence-electron chi connectivity index (χ0n) is 16.5. The fourth-order valence-electron chi connectivity index (χ4n) is 2.79. The van der Waals surface area contributed by atoms with Crippen LogP contribution in [0.15, 0.2) is 35.5 Å². The third kappa shape index (κ3) is 4.97. The van der Waals surface area contributed by atoms with Crippen LogP contribution in [0.5, 0.6) is 0 Å². The number of nitrogens with zero attached hydrogens (tertiary/aromatic N) is 1. The van der Waals surface area contributed by atoms with Crippen molar-refractivity contribution in [2.75, 3.05) is 32.5 Å². The van der Waals surface area contributed by atoms with E-state index in [2.05, 4.69) is 16.0 Å². The minimum Gasteiger partial charge on any atom is -0.385 e. The van der Waals surface area contributed by atoms with Gasteiger partial charge in [0.2, 0.25) is 11.8 Å². The number of amides is 3. The van der Waals surface area contributed by atoms with Gasteiger partial charge in [0.15, 0.2) is 0 Å². The maximum atomic E-state index is 13.5. The molecule has 0 bridgehead atoms. The summed E-state index contributed by atoms with van der Waals surface area (Å²) >= 11 is 0. The second kappa shape index (κ2) is 9.16. The minimum atomic E-state index is -0.414. The van der Waals surface area contributed by atoms with Crippen LogP contribution in [0.3, 0.4) is 0 Å². The lowest BCUT2D eigenvalue weighted by Gasteiger charge is -2.14. The molecule has 8 heteroatoms. The number of likely N-dealkylation sites (N-methyl/N-ethyl adjacent to an activating group) is 1. The maximum absolute atomic E-state index is 13.5. The number of hydrogen-bond acceptors (Lipinski definition) is 4. The highest BCUT2D eigenvalue weighted by molar-refractivity contribution is 6.31. The average molecular weight is 388 g/mol. The van der Waals surface area contributed by atoms with Crippen molar-refractivity contribution in [2.45, 2.75) is 20.3 Å². The Balaban J connectivity index is 2.05. The topological polar surface area (TPSA) is 90.5 Å². The van der Waals surface area contributed by atoms with Crippen molar-refractivity contribution in [2.24, 2.45) is 0 Å². The van der Waals surface area contributed by atoms with Gasteiger partial charge in [-0.3, -0.25) is 14.4 Å². The van der Waals surface area contributed by atoms with E-state index in [0.29, 0.717) is 34.5 Å². The van der Waals surface area contributed by atoms with Crippen LogP contribution in [-0.4, -0.2) is 49.8 Å². The molecule has 0 aromatic heterocycles. The van der Waals surface area contributed by atoms with Crippen LogP contribution in [0.2, 0.25) is 0 Å². The summed E-state index contributed by atoms with van der Waals surface area (Å²) in [6, 6.07) is 4.13. The Morgan fingerprint density at radius 3 is 2.61 bits per heavy atom. The van der Waals surface area contributed by atoms with Gasteiger partial charge in [-0.05, 0) is 31.5 Å². The summed E-state index contributed by atoms with van der Waals surface area (Å²) in [4.78, 5) is 37.4. The fraction of sp³-hybridized carbons (Fsp3) is 0.350. The fourth-order valence-corrected chi connectivity index (χ4v) is 2.79. The van der Waals surface area contributed by atoms with Crippen LogP contribution in [0.4, 0.5) is 10.1 Å². The molecule has 1 aromatic rings. The van der Waals surface area contributed by atoms with E-state index in [-0.39, 0.29) is 30.8 Å². The summed E-state index contributed by atoms with van der Waals surface area (Å²) in [7, 11) is 3.24. The van der Waals surface area contributed by atoms with Gasteiger partial charge in [0, 0.05) is 48.7 Å². The summed E-state index contributed by atoms with van der Waals surface area (Å²) in [5.74, 6) is -1.22. The first-order chi connectivity index (χ1) is 13.2. The number of halogens is 1. The second-order valence-electron chi connectivity index (χ2n) is 6.57. The van der Waals surface area contributed by atoms with E-state index in [1.807, 2.05) is 6.92 Å². The molecule has 150 valence electrons. The second-order valence-corrected chi connectivity index (χ2v) is 6.57. The van der Waals surface area contributed by atoms with Gasteiger partial charge in [-0.15, -0.1) is 0 Å². The maximum Gasteiger partial charge on any atom is 0.256 e. The van der Waals surface area contributed by atoms with Crippen molar-refractivity contribution >= 4 is 29.0 Å². The van der Waals surface area contributed by atoms with Crippen molar-refractivity contribution < 1.29 is 18.8 Å². The molecule has 3 N–H and O–H groups in total. The molecule has 0 atom stereocenters. The lowest BCUT2D eigenvalue weighted by Crippen LogP contribution is -2.37. The highest BCUT2D eigenvalue weighted by Crippen LogP contribution is 2.31. The molecule has 2 rings (SSSR count). The van der Waals surface area contributed by atoms with Crippen molar-refractivity contribution in [1.29, 1.82) is 0 Å². The van der Waals surface area contributed by atoms with E-state index in [0.717, 1.165) is 0 Å². The molecule has 3 amide bonds. The molecule has 0 unspecified atom stereocenters. The van der Waals surface area contributed by atoms with E-state index < -0.39 is 5.82 Å². The van der Waals surface area contributed by atoms with Gasteiger partial charge >= 0.3 is 0 Å². The van der Waals surface area contributed by atoms with Gasteiger partial charge in [-0.1, -0.05) is 13.0 Å². The monoisotopic (exact) mass is 388 g/mol. The summed E-state index contributed by atoms with van der Waals surface area (Å²) in [6.45, 7) is 3.82. The predicted molar refractivity (Wildman–Crippen MR) is 106 cm³/mol. The Morgan fingerprint density at radius 1 is 1.25 bits per heavy atom. The first-order valence-electron chi connectivity index (χ1n) is 8.98. The van der Waals surface area contributed by atoms with Crippen LogP contribution in [-0.2, 0) is 14.4 Å². The largest absolute Gasteiger partial charge is 0.385 e. The molecule has 1 aliphatic rings. The van der Waals surface area contributed by atoms with E-state index in [9.17, 15) is 18.8 Å². The minimum absolute atomic E-state index is 0.0742. The standard InChI is InChI=1S/C20H25FN4O3/c1-5-14(19(27)23-11-18(26)25(3)4)12(2)22-9-8-15-16-10-13(21)6-7-17(16)24-20(15)28/h6-8,10,22H,5,9,11H2,1-4H3,(H,23,27)(H,24,28)/b14-12+,15-8-. The highest BCUT2D eigenvalue weighted by atomic mass is 19.1.